The van der Waals surface area contributed by atoms with Gasteiger partial charge in [-0.25, -0.2) is 4.68 Å². The minimum Gasteiger partial charge on any atom is -0.463 e. The van der Waals surface area contributed by atoms with Crippen molar-refractivity contribution in [1.29, 1.82) is 0 Å². The van der Waals surface area contributed by atoms with Gasteiger partial charge >= 0.3 is 0 Å². The molecule has 0 bridgehead atoms. The summed E-state index contributed by atoms with van der Waals surface area (Å²) in [5.74, 6) is 0.301. The van der Waals surface area contributed by atoms with Crippen molar-refractivity contribution in [1.82, 2.24) is 24.9 Å². The largest absolute Gasteiger partial charge is 0.463 e. The Hall–Kier alpha value is -3.16. The molecule has 3 aromatic heterocycles. The van der Waals surface area contributed by atoms with Crippen LogP contribution in [0.3, 0.4) is 0 Å². The molecule has 0 saturated heterocycles. The van der Waals surface area contributed by atoms with Gasteiger partial charge in [-0.2, -0.15) is 10.2 Å². The van der Waals surface area contributed by atoms with E-state index in [4.69, 9.17) is 4.42 Å². The molecule has 24 heavy (non-hydrogen) atoms. The molecule has 1 amide bonds. The molecule has 8 heteroatoms. The van der Waals surface area contributed by atoms with Crippen molar-refractivity contribution in [2.75, 3.05) is 6.54 Å². The Morgan fingerprint density at radius 3 is 2.83 bits per heavy atom. The average molecular weight is 327 g/mol. The molecule has 0 fully saturated rings. The predicted molar refractivity (Wildman–Crippen MR) is 86.4 cm³/mol. The summed E-state index contributed by atoms with van der Waals surface area (Å²) in [6, 6.07) is 8.20. The first kappa shape index (κ1) is 15.7. The molecule has 0 aliphatic rings. The molecule has 3 rings (SSSR count). The summed E-state index contributed by atoms with van der Waals surface area (Å²) in [6.07, 6.45) is 3.29. The minimum atomic E-state index is -0.280. The first-order chi connectivity index (χ1) is 11.7. The third-order valence-corrected chi connectivity index (χ3v) is 3.45. The van der Waals surface area contributed by atoms with Crippen molar-refractivity contribution < 1.29 is 9.21 Å². The van der Waals surface area contributed by atoms with E-state index in [1.807, 2.05) is 6.92 Å². The van der Waals surface area contributed by atoms with Gasteiger partial charge < -0.3 is 9.73 Å². The third kappa shape index (κ3) is 3.43. The number of nitrogens with one attached hydrogen (secondary N) is 1. The lowest BCUT2D eigenvalue weighted by atomic mass is 10.3. The second-order valence-corrected chi connectivity index (χ2v) is 5.07. The van der Waals surface area contributed by atoms with Crippen molar-refractivity contribution in [2.45, 2.75) is 20.0 Å². The predicted octanol–water partition coefficient (Wildman–Crippen LogP) is 1.15. The van der Waals surface area contributed by atoms with Gasteiger partial charge in [0.25, 0.3) is 11.5 Å². The fraction of sp³-hybridized carbons (Fsp3) is 0.250. The summed E-state index contributed by atoms with van der Waals surface area (Å²) in [4.78, 5) is 23.9. The Balaban J connectivity index is 1.63. The van der Waals surface area contributed by atoms with E-state index in [0.717, 1.165) is 0 Å². The van der Waals surface area contributed by atoms with Gasteiger partial charge in [-0.15, -0.1) is 0 Å². The summed E-state index contributed by atoms with van der Waals surface area (Å²) in [6.45, 7) is 3.17. The van der Waals surface area contributed by atoms with Crippen molar-refractivity contribution in [3.8, 4) is 11.5 Å². The maximum absolute atomic E-state index is 12.0. The van der Waals surface area contributed by atoms with Gasteiger partial charge in [0.05, 0.1) is 12.8 Å². The van der Waals surface area contributed by atoms with Crippen LogP contribution in [0.2, 0.25) is 0 Å². The van der Waals surface area contributed by atoms with Crippen LogP contribution in [0.5, 0.6) is 0 Å². The van der Waals surface area contributed by atoms with Crippen molar-refractivity contribution in [3.05, 3.63) is 58.8 Å². The van der Waals surface area contributed by atoms with Crippen molar-refractivity contribution >= 4 is 5.91 Å². The van der Waals surface area contributed by atoms with Gasteiger partial charge in [0.15, 0.2) is 5.76 Å². The maximum Gasteiger partial charge on any atom is 0.271 e. The number of aromatic nitrogens is 4. The lowest BCUT2D eigenvalue weighted by molar-refractivity contribution is 0.0946. The number of nitrogens with zero attached hydrogens (tertiary/aromatic N) is 4. The molecule has 0 radical (unpaired) electrons. The smallest absolute Gasteiger partial charge is 0.271 e. The minimum absolute atomic E-state index is 0.241. The number of furan rings is 1. The van der Waals surface area contributed by atoms with E-state index < -0.39 is 0 Å². The number of amides is 1. The molecule has 3 aromatic rings. The monoisotopic (exact) mass is 327 g/mol. The van der Waals surface area contributed by atoms with Crippen molar-refractivity contribution in [3.63, 3.8) is 0 Å². The summed E-state index contributed by atoms with van der Waals surface area (Å²) in [5, 5.41) is 11.1. The Morgan fingerprint density at radius 1 is 1.25 bits per heavy atom. The molecular formula is C16H17N5O3. The maximum atomic E-state index is 12.0. The fourth-order valence-electron chi connectivity index (χ4n) is 2.19. The highest BCUT2D eigenvalue weighted by Gasteiger charge is 2.09. The average Bonchev–Trinajstić information content (AvgIpc) is 3.28. The highest BCUT2D eigenvalue weighted by atomic mass is 16.3. The molecule has 0 saturated carbocycles. The van der Waals surface area contributed by atoms with Gasteiger partial charge in [-0.05, 0) is 31.2 Å². The topological polar surface area (TPSA) is 95.0 Å². The van der Waals surface area contributed by atoms with E-state index in [0.29, 0.717) is 23.7 Å². The number of carbonyl (C=O) groups excluding carboxylic acids is 1. The van der Waals surface area contributed by atoms with Crippen LogP contribution in [0.4, 0.5) is 0 Å². The van der Waals surface area contributed by atoms with Gasteiger partial charge in [-0.1, -0.05) is 0 Å². The van der Waals surface area contributed by atoms with Crippen LogP contribution >= 0.6 is 0 Å². The van der Waals surface area contributed by atoms with Crippen LogP contribution in [0.15, 0.2) is 52.0 Å². The Kier molecular flexibility index (Phi) is 4.55. The molecule has 0 unspecified atom stereocenters. The SMILES string of the molecule is CCn1ccc(C(=O)NCCn2nc(-c3ccco3)ccc2=O)n1. The number of aryl methyl sites for hydroxylation is 1. The molecule has 0 aromatic carbocycles. The highest BCUT2D eigenvalue weighted by molar-refractivity contribution is 5.92. The highest BCUT2D eigenvalue weighted by Crippen LogP contribution is 2.14. The van der Waals surface area contributed by atoms with E-state index >= 15 is 0 Å². The zero-order valence-electron chi connectivity index (χ0n) is 13.2. The first-order valence-electron chi connectivity index (χ1n) is 7.61. The lowest BCUT2D eigenvalue weighted by Gasteiger charge is -2.07. The Morgan fingerprint density at radius 2 is 2.12 bits per heavy atom. The van der Waals surface area contributed by atoms with E-state index in [1.54, 1.807) is 41.4 Å². The standard InChI is InChI=1S/C16H17N5O3/c1-2-20-9-7-13(18-20)16(23)17-8-10-21-15(22)6-5-12(19-21)14-4-3-11-24-14/h3-7,9,11H,2,8,10H2,1H3,(H,17,23). The molecule has 3 heterocycles. The summed E-state index contributed by atoms with van der Waals surface area (Å²) >= 11 is 0. The van der Waals surface area contributed by atoms with Crippen LogP contribution < -0.4 is 10.9 Å². The van der Waals surface area contributed by atoms with Crippen molar-refractivity contribution in [2.24, 2.45) is 0 Å². The van der Waals surface area contributed by atoms with E-state index in [2.05, 4.69) is 15.5 Å². The molecule has 1 N–H and O–H groups in total. The van der Waals surface area contributed by atoms with Gasteiger partial charge in [-0.3, -0.25) is 14.3 Å². The quantitative estimate of drug-likeness (QED) is 0.733. The summed E-state index contributed by atoms with van der Waals surface area (Å²) in [7, 11) is 0. The zero-order chi connectivity index (χ0) is 16.9. The van der Waals surface area contributed by atoms with Crippen LogP contribution in [-0.2, 0) is 13.1 Å². The lowest BCUT2D eigenvalue weighted by Crippen LogP contribution is -2.32. The number of hydrogen-bond donors (Lipinski definition) is 1. The molecule has 0 aliphatic carbocycles. The molecular weight excluding hydrogens is 310 g/mol. The van der Waals surface area contributed by atoms with Crippen LogP contribution in [0, 0.1) is 0 Å². The summed E-state index contributed by atoms with van der Waals surface area (Å²) < 4.78 is 8.24. The van der Waals surface area contributed by atoms with Crippen LogP contribution in [0.1, 0.15) is 17.4 Å². The second kappa shape index (κ2) is 6.95. The van der Waals surface area contributed by atoms with E-state index in [9.17, 15) is 9.59 Å². The van der Waals surface area contributed by atoms with E-state index in [1.165, 1.54) is 10.7 Å². The Labute approximate surface area is 137 Å². The first-order valence-corrected chi connectivity index (χ1v) is 7.61. The van der Waals surface area contributed by atoms with E-state index in [-0.39, 0.29) is 24.6 Å². The molecule has 8 nitrogen and oxygen atoms in total. The van der Waals surface area contributed by atoms with Crippen LogP contribution in [0.25, 0.3) is 11.5 Å². The Bertz CT molecular complexity index is 879. The normalized spacial score (nSPS) is 10.7. The zero-order valence-corrected chi connectivity index (χ0v) is 13.2. The molecule has 0 spiro atoms. The third-order valence-electron chi connectivity index (χ3n) is 3.45. The summed E-state index contributed by atoms with van der Waals surface area (Å²) in [5.41, 5.74) is 0.670. The molecule has 0 aliphatic heterocycles. The van der Waals surface area contributed by atoms with Crippen LogP contribution in [-0.4, -0.2) is 32.0 Å². The van der Waals surface area contributed by atoms with Gasteiger partial charge in [0, 0.05) is 25.4 Å². The number of carbonyl (C=O) groups is 1. The van der Waals surface area contributed by atoms with Gasteiger partial charge in [0.2, 0.25) is 0 Å². The number of hydrogen-bond acceptors (Lipinski definition) is 5. The number of rotatable bonds is 6. The second-order valence-electron chi connectivity index (χ2n) is 5.07. The molecule has 0 atom stereocenters. The fourth-order valence-corrected chi connectivity index (χ4v) is 2.19. The van der Waals surface area contributed by atoms with Gasteiger partial charge in [0.1, 0.15) is 11.4 Å². The molecule has 124 valence electrons.